The molecule has 4 heteroatoms. The van der Waals surface area contributed by atoms with Crippen molar-refractivity contribution in [2.75, 3.05) is 6.16 Å². The average Bonchev–Trinajstić information content (AvgIpc) is 2.52. The molecule has 0 amide bonds. The van der Waals surface area contributed by atoms with Crippen molar-refractivity contribution < 1.29 is 9.05 Å². The Kier molecular flexibility index (Phi) is 6.74. The molecule has 0 N–H and O–H groups in total. The second-order valence-corrected chi connectivity index (χ2v) is 9.90. The molecule has 0 unspecified atom stereocenters. The predicted octanol–water partition coefficient (Wildman–Crippen LogP) is 6.69. The first-order valence-corrected chi connectivity index (χ1v) is 11.2. The molecule has 2 aromatic rings. The van der Waals surface area contributed by atoms with Gasteiger partial charge in [-0.2, -0.15) is 0 Å². The molecule has 23 heavy (non-hydrogen) atoms. The molecule has 0 saturated heterocycles. The van der Waals surface area contributed by atoms with Gasteiger partial charge in [0.05, 0.1) is 0 Å². The third-order valence-corrected chi connectivity index (χ3v) is 6.72. The molecule has 2 nitrogen and oxygen atoms in total. The molecular weight excluding hydrogens is 327 g/mol. The van der Waals surface area contributed by atoms with Crippen LogP contribution in [-0.4, -0.2) is 6.16 Å². The van der Waals surface area contributed by atoms with E-state index >= 15 is 0 Å². The van der Waals surface area contributed by atoms with Crippen molar-refractivity contribution in [3.05, 3.63) is 59.7 Å². The van der Waals surface area contributed by atoms with Crippen LogP contribution >= 0.6 is 18.3 Å². The van der Waals surface area contributed by atoms with Crippen molar-refractivity contribution in [3.63, 3.8) is 0 Å². The molecule has 0 bridgehead atoms. The van der Waals surface area contributed by atoms with Gasteiger partial charge in [-0.15, -0.1) is 0 Å². The van der Waals surface area contributed by atoms with E-state index in [2.05, 4.69) is 20.8 Å². The standard InChI is InChI=1S/C19H26ClO2P/c1-4-5-6-15-23(20,21-18-11-7-16(2)8-12-18)22-19-13-9-17(3)10-14-19/h7-14,23H,4-6,15H2,1-3H3. The van der Waals surface area contributed by atoms with Gasteiger partial charge in [0, 0.05) is 0 Å². The van der Waals surface area contributed by atoms with E-state index in [0.29, 0.717) is 0 Å². The van der Waals surface area contributed by atoms with Gasteiger partial charge in [-0.1, -0.05) is 0 Å². The summed E-state index contributed by atoms with van der Waals surface area (Å²) >= 11 is 6.82. The maximum absolute atomic E-state index is 6.82. The van der Waals surface area contributed by atoms with Crippen LogP contribution in [0.25, 0.3) is 0 Å². The summed E-state index contributed by atoms with van der Waals surface area (Å²) in [5.41, 5.74) is 2.40. The van der Waals surface area contributed by atoms with Gasteiger partial charge >= 0.3 is 145 Å². The third kappa shape index (κ3) is 6.05. The Morgan fingerprint density at radius 1 is 0.783 bits per heavy atom. The van der Waals surface area contributed by atoms with E-state index in [1.807, 2.05) is 48.5 Å². The van der Waals surface area contributed by atoms with Crippen molar-refractivity contribution in [3.8, 4) is 11.5 Å². The summed E-state index contributed by atoms with van der Waals surface area (Å²) in [6.45, 7) is 6.29. The molecule has 0 aliphatic carbocycles. The van der Waals surface area contributed by atoms with Gasteiger partial charge in [0.25, 0.3) is 0 Å². The van der Waals surface area contributed by atoms with Gasteiger partial charge in [-0.3, -0.25) is 0 Å². The summed E-state index contributed by atoms with van der Waals surface area (Å²) in [5.74, 6) is 1.56. The molecule has 0 aliphatic heterocycles. The zero-order valence-electron chi connectivity index (χ0n) is 14.1. The molecule has 2 rings (SSSR count). The van der Waals surface area contributed by atoms with Gasteiger partial charge in [0.15, 0.2) is 0 Å². The molecule has 126 valence electrons. The molecule has 0 atom stereocenters. The van der Waals surface area contributed by atoms with Crippen molar-refractivity contribution in [1.29, 1.82) is 0 Å². The Balaban J connectivity index is 2.13. The summed E-state index contributed by atoms with van der Waals surface area (Å²) in [5, 5.41) is 0. The normalized spacial score (nSPS) is 12.0. The Labute approximate surface area is 145 Å². The quantitative estimate of drug-likeness (QED) is 0.389. The van der Waals surface area contributed by atoms with E-state index in [9.17, 15) is 0 Å². The fraction of sp³-hybridized carbons (Fsp3) is 0.368. The van der Waals surface area contributed by atoms with E-state index < -0.39 is 7.07 Å². The molecule has 0 spiro atoms. The summed E-state index contributed by atoms with van der Waals surface area (Å²) in [4.78, 5) is 0. The second kappa shape index (κ2) is 8.57. The zero-order valence-corrected chi connectivity index (χ0v) is 15.9. The number of hydrogen-bond donors (Lipinski definition) is 0. The van der Waals surface area contributed by atoms with Crippen LogP contribution in [-0.2, 0) is 0 Å². The molecule has 2 aromatic carbocycles. The maximum atomic E-state index is 6.82. The van der Waals surface area contributed by atoms with E-state index in [1.165, 1.54) is 11.1 Å². The number of benzene rings is 2. The summed E-state index contributed by atoms with van der Waals surface area (Å²) in [6.07, 6.45) is 4.07. The first-order chi connectivity index (χ1) is 11.0. The summed E-state index contributed by atoms with van der Waals surface area (Å²) < 4.78 is 12.2. The Morgan fingerprint density at radius 3 is 1.61 bits per heavy atom. The second-order valence-electron chi connectivity index (χ2n) is 5.95. The Morgan fingerprint density at radius 2 is 1.22 bits per heavy atom. The predicted molar refractivity (Wildman–Crippen MR) is 102 cm³/mol. The SMILES string of the molecule is CCCCC[PH](Cl)(Oc1ccc(C)cc1)Oc1ccc(C)cc1. The van der Waals surface area contributed by atoms with E-state index in [1.54, 1.807) is 0 Å². The van der Waals surface area contributed by atoms with Gasteiger partial charge in [0.1, 0.15) is 0 Å². The molecule has 0 saturated carbocycles. The first-order valence-electron chi connectivity index (χ1n) is 8.21. The van der Waals surface area contributed by atoms with Crippen molar-refractivity contribution >= 4 is 18.3 Å². The molecule has 0 fully saturated rings. The summed E-state index contributed by atoms with van der Waals surface area (Å²) in [7, 11) is -2.83. The van der Waals surface area contributed by atoms with E-state index in [4.69, 9.17) is 20.3 Å². The van der Waals surface area contributed by atoms with E-state index in [0.717, 1.165) is 36.9 Å². The monoisotopic (exact) mass is 352 g/mol. The molecule has 0 aliphatic rings. The van der Waals surface area contributed by atoms with Gasteiger partial charge in [-0.25, -0.2) is 0 Å². The van der Waals surface area contributed by atoms with Crippen LogP contribution in [0.5, 0.6) is 11.5 Å². The number of halogens is 1. The number of rotatable bonds is 8. The number of aryl methyl sites for hydroxylation is 2. The Bertz CT molecular complexity index is 548. The zero-order chi connectivity index (χ0) is 16.7. The third-order valence-electron chi connectivity index (χ3n) is 3.66. The fourth-order valence-electron chi connectivity index (χ4n) is 2.27. The topological polar surface area (TPSA) is 18.5 Å². The van der Waals surface area contributed by atoms with Crippen molar-refractivity contribution in [1.82, 2.24) is 0 Å². The van der Waals surface area contributed by atoms with E-state index in [-0.39, 0.29) is 0 Å². The minimum absolute atomic E-state index is 0.768. The summed E-state index contributed by atoms with van der Waals surface area (Å²) in [6, 6.07) is 15.9. The first kappa shape index (κ1) is 18.1. The van der Waals surface area contributed by atoms with Crippen LogP contribution in [0.1, 0.15) is 37.3 Å². The van der Waals surface area contributed by atoms with Crippen LogP contribution in [0.4, 0.5) is 0 Å². The molecule has 0 aromatic heterocycles. The van der Waals surface area contributed by atoms with Gasteiger partial charge < -0.3 is 0 Å². The van der Waals surface area contributed by atoms with Crippen molar-refractivity contribution in [2.24, 2.45) is 0 Å². The van der Waals surface area contributed by atoms with Crippen LogP contribution in [0.15, 0.2) is 48.5 Å². The number of hydrogen-bond acceptors (Lipinski definition) is 2. The Hall–Kier alpha value is -1.24. The van der Waals surface area contributed by atoms with Gasteiger partial charge in [-0.05, 0) is 0 Å². The van der Waals surface area contributed by atoms with Crippen LogP contribution in [0.2, 0.25) is 0 Å². The van der Waals surface area contributed by atoms with Crippen LogP contribution < -0.4 is 9.05 Å². The van der Waals surface area contributed by atoms with Crippen molar-refractivity contribution in [2.45, 2.75) is 40.0 Å². The molecular formula is C19H26ClO2P. The molecule has 0 radical (unpaired) electrons. The average molecular weight is 353 g/mol. The van der Waals surface area contributed by atoms with Crippen LogP contribution in [0.3, 0.4) is 0 Å². The minimum atomic E-state index is -2.83. The van der Waals surface area contributed by atoms with Gasteiger partial charge in [0.2, 0.25) is 0 Å². The number of unbranched alkanes of at least 4 members (excludes halogenated alkanes) is 2. The van der Waals surface area contributed by atoms with Crippen LogP contribution in [0, 0.1) is 13.8 Å². The fourth-order valence-corrected chi connectivity index (χ4v) is 5.10. The molecule has 0 heterocycles.